The van der Waals surface area contributed by atoms with Gasteiger partial charge in [0.2, 0.25) is 0 Å². The third kappa shape index (κ3) is 7.36. The molecule has 2 aromatic carbocycles. The Hall–Kier alpha value is -3.99. The molecular weight excluding hydrogens is 653 g/mol. The van der Waals surface area contributed by atoms with Gasteiger partial charge in [0.15, 0.2) is 0 Å². The largest absolute Gasteiger partial charge is 0.495 e. The van der Waals surface area contributed by atoms with Crippen molar-refractivity contribution in [3.05, 3.63) is 68.6 Å². The lowest BCUT2D eigenvalue weighted by molar-refractivity contribution is 0.0598. The average Bonchev–Trinajstić information content (AvgIpc) is 3.04. The molecule has 4 aromatic rings. The minimum Gasteiger partial charge on any atom is -0.495 e. The Balaban J connectivity index is 1.72. The van der Waals surface area contributed by atoms with Crippen molar-refractivity contribution in [1.82, 2.24) is 14.5 Å². The van der Waals surface area contributed by atoms with Gasteiger partial charge < -0.3 is 29.4 Å². The second-order valence-electron chi connectivity index (χ2n) is 13.0. The first kappa shape index (κ1) is 35.3. The maximum Gasteiger partial charge on any atom is 0.420 e. The van der Waals surface area contributed by atoms with Crippen molar-refractivity contribution in [1.29, 1.82) is 0 Å². The van der Waals surface area contributed by atoms with Gasteiger partial charge in [-0.1, -0.05) is 41.8 Å². The highest BCUT2D eigenvalue weighted by Gasteiger charge is 2.30. The van der Waals surface area contributed by atoms with E-state index in [4.69, 9.17) is 48.1 Å². The summed E-state index contributed by atoms with van der Waals surface area (Å²) in [6.07, 6.45) is 5.28. The quantitative estimate of drug-likeness (QED) is 0.174. The van der Waals surface area contributed by atoms with E-state index in [-0.39, 0.29) is 27.0 Å². The smallest absolute Gasteiger partial charge is 0.420 e. The molecule has 1 amide bonds. The zero-order valence-corrected chi connectivity index (χ0v) is 29.9. The number of hydrogen-bond donors (Lipinski definition) is 1. The highest BCUT2D eigenvalue weighted by molar-refractivity contribution is 6.41. The molecule has 1 aliphatic rings. The summed E-state index contributed by atoms with van der Waals surface area (Å²) in [7, 11) is 2.97. The van der Waals surface area contributed by atoms with Gasteiger partial charge in [0.25, 0.3) is 5.56 Å². The van der Waals surface area contributed by atoms with Crippen molar-refractivity contribution in [2.24, 2.45) is 0 Å². The van der Waals surface area contributed by atoms with Crippen LogP contribution in [-0.2, 0) is 11.3 Å². The van der Waals surface area contributed by atoms with Crippen molar-refractivity contribution in [2.45, 2.75) is 65.5 Å². The van der Waals surface area contributed by atoms with E-state index in [1.165, 1.54) is 38.4 Å². The van der Waals surface area contributed by atoms with Crippen LogP contribution in [0.25, 0.3) is 22.0 Å². The molecule has 1 aliphatic heterocycles. The number of nitrogen functional groups attached to an aromatic ring is 1. The van der Waals surface area contributed by atoms with Crippen LogP contribution in [0, 0.1) is 6.92 Å². The number of rotatable bonds is 9. The van der Waals surface area contributed by atoms with Crippen LogP contribution in [0.3, 0.4) is 0 Å². The number of nitrogens with two attached hydrogens (primary N) is 1. The SMILES string of the molecule is COc1cc(OC)c(Cl)c(-c2cc3cnc(N(C(=O)OC(C)(C)C)c4c(C)cccc4N)cc3n(CCCN3CCCCC3)c2=O)c1Cl. The maximum atomic E-state index is 14.6. The lowest BCUT2D eigenvalue weighted by atomic mass is 10.0. The maximum absolute atomic E-state index is 14.6. The third-order valence-corrected chi connectivity index (χ3v) is 9.16. The fourth-order valence-electron chi connectivity index (χ4n) is 6.14. The lowest BCUT2D eigenvalue weighted by Crippen LogP contribution is -2.35. The molecule has 0 radical (unpaired) electrons. The van der Waals surface area contributed by atoms with Crippen LogP contribution in [0.4, 0.5) is 22.0 Å². The molecule has 0 unspecified atom stereocenters. The molecule has 2 aromatic heterocycles. The molecule has 256 valence electrons. The summed E-state index contributed by atoms with van der Waals surface area (Å²) in [6, 6.07) is 10.4. The summed E-state index contributed by atoms with van der Waals surface area (Å²) in [4.78, 5) is 36.9. The number of aromatic nitrogens is 2. The first-order valence-electron chi connectivity index (χ1n) is 16.1. The zero-order chi connectivity index (χ0) is 34.7. The van der Waals surface area contributed by atoms with E-state index in [2.05, 4.69) is 4.90 Å². The number of carbonyl (C=O) groups is 1. The Morgan fingerprint density at radius 1 is 1.00 bits per heavy atom. The number of ether oxygens (including phenoxy) is 3. The Labute approximate surface area is 291 Å². The Morgan fingerprint density at radius 3 is 2.27 bits per heavy atom. The molecule has 0 spiro atoms. The predicted molar refractivity (Wildman–Crippen MR) is 193 cm³/mol. The van der Waals surface area contributed by atoms with E-state index in [0.29, 0.717) is 45.9 Å². The Morgan fingerprint density at radius 2 is 1.67 bits per heavy atom. The Bertz CT molecular complexity index is 1830. The summed E-state index contributed by atoms with van der Waals surface area (Å²) >= 11 is 13.6. The number of likely N-dealkylation sites (tertiary alicyclic amines) is 1. The van der Waals surface area contributed by atoms with Gasteiger partial charge in [-0.25, -0.2) is 14.7 Å². The molecular formula is C36H43Cl2N5O5. The van der Waals surface area contributed by atoms with Crippen molar-refractivity contribution in [3.8, 4) is 22.6 Å². The number of methoxy groups -OCH3 is 2. The van der Waals surface area contributed by atoms with E-state index < -0.39 is 11.7 Å². The van der Waals surface area contributed by atoms with Crippen molar-refractivity contribution in [2.75, 3.05) is 44.5 Å². The van der Waals surface area contributed by atoms with Crippen LogP contribution in [0.2, 0.25) is 10.0 Å². The van der Waals surface area contributed by atoms with Crippen molar-refractivity contribution in [3.63, 3.8) is 0 Å². The second-order valence-corrected chi connectivity index (χ2v) is 13.7. The number of hydrogen-bond acceptors (Lipinski definition) is 8. The van der Waals surface area contributed by atoms with Crippen LogP contribution < -0.4 is 25.7 Å². The van der Waals surface area contributed by atoms with E-state index in [9.17, 15) is 9.59 Å². The number of nitrogens with zero attached hydrogens (tertiary/aromatic N) is 4. The number of para-hydroxylation sites is 1. The molecule has 3 heterocycles. The highest BCUT2D eigenvalue weighted by atomic mass is 35.5. The molecule has 1 fully saturated rings. The summed E-state index contributed by atoms with van der Waals surface area (Å²) in [5.74, 6) is 0.900. The van der Waals surface area contributed by atoms with Crippen LogP contribution >= 0.6 is 23.2 Å². The Kier molecular flexibility index (Phi) is 10.8. The fourth-order valence-corrected chi connectivity index (χ4v) is 6.84. The molecule has 10 nitrogen and oxygen atoms in total. The number of amides is 1. The lowest BCUT2D eigenvalue weighted by Gasteiger charge is -2.29. The third-order valence-electron chi connectivity index (χ3n) is 8.41. The van der Waals surface area contributed by atoms with Gasteiger partial charge in [-0.05, 0) is 84.3 Å². The monoisotopic (exact) mass is 695 g/mol. The van der Waals surface area contributed by atoms with E-state index in [0.717, 1.165) is 31.6 Å². The van der Waals surface area contributed by atoms with Crippen molar-refractivity contribution >= 4 is 57.4 Å². The van der Waals surface area contributed by atoms with Gasteiger partial charge in [0.05, 0.1) is 46.7 Å². The summed E-state index contributed by atoms with van der Waals surface area (Å²) in [5, 5.41) is 1.02. The van der Waals surface area contributed by atoms with Crippen molar-refractivity contribution < 1.29 is 19.0 Å². The minimum absolute atomic E-state index is 0.190. The van der Waals surface area contributed by atoms with Gasteiger partial charge in [0.1, 0.15) is 22.9 Å². The summed E-state index contributed by atoms with van der Waals surface area (Å²) in [6.45, 7) is 10.6. The minimum atomic E-state index is -0.786. The van der Waals surface area contributed by atoms with Gasteiger partial charge in [-0.15, -0.1) is 0 Å². The molecule has 0 atom stereocenters. The predicted octanol–water partition coefficient (Wildman–Crippen LogP) is 8.23. The number of benzene rings is 2. The molecule has 48 heavy (non-hydrogen) atoms. The van der Waals surface area contributed by atoms with Gasteiger partial charge >= 0.3 is 6.09 Å². The van der Waals surface area contributed by atoms with Gasteiger partial charge in [-0.2, -0.15) is 0 Å². The summed E-state index contributed by atoms with van der Waals surface area (Å²) < 4.78 is 18.5. The summed E-state index contributed by atoms with van der Waals surface area (Å²) in [5.41, 5.74) is 8.10. The van der Waals surface area contributed by atoms with Gasteiger partial charge in [-0.3, -0.25) is 4.79 Å². The van der Waals surface area contributed by atoms with E-state index in [1.54, 1.807) is 55.8 Å². The van der Waals surface area contributed by atoms with Crippen LogP contribution in [-0.4, -0.2) is 60.0 Å². The van der Waals surface area contributed by atoms with Crippen LogP contribution in [0.15, 0.2) is 47.4 Å². The number of anilines is 3. The van der Waals surface area contributed by atoms with Crippen LogP contribution in [0.1, 0.15) is 52.0 Å². The van der Waals surface area contributed by atoms with Crippen LogP contribution in [0.5, 0.6) is 11.5 Å². The van der Waals surface area contributed by atoms with Gasteiger partial charge in [0, 0.05) is 35.8 Å². The molecule has 1 saturated heterocycles. The first-order valence-corrected chi connectivity index (χ1v) is 16.8. The molecule has 5 rings (SSSR count). The number of aryl methyl sites for hydroxylation is 2. The topological polar surface area (TPSA) is 112 Å². The highest BCUT2D eigenvalue weighted by Crippen LogP contribution is 2.45. The fraction of sp³-hybridized carbons (Fsp3) is 0.417. The zero-order valence-electron chi connectivity index (χ0n) is 28.4. The first-order chi connectivity index (χ1) is 22.8. The standard InChI is InChI=1S/C36H43Cl2N5O5/c1-22-12-10-13-25(39)33(22)43(35(45)48-36(2,3)4)29-19-26-23(21-40-29)18-24(30-31(37)27(46-5)20-28(47-6)32(30)38)34(44)42(26)17-11-16-41-14-8-7-9-15-41/h10,12-13,18-21H,7-9,11,14-17,39H2,1-6H3. The number of halogens is 2. The molecule has 0 bridgehead atoms. The van der Waals surface area contributed by atoms with E-state index >= 15 is 0 Å². The molecule has 0 aliphatic carbocycles. The van der Waals surface area contributed by atoms with E-state index in [1.807, 2.05) is 19.1 Å². The number of pyridine rings is 2. The number of carbonyl (C=O) groups excluding carboxylic acids is 1. The molecule has 12 heteroatoms. The number of fused-ring (bicyclic) bond motifs is 1. The average molecular weight is 697 g/mol. The second kappa shape index (κ2) is 14.6. The molecule has 0 saturated carbocycles. The molecule has 2 N–H and O–H groups in total. The normalized spacial score (nSPS) is 13.8. The number of piperidine rings is 1.